The van der Waals surface area contributed by atoms with E-state index in [4.69, 9.17) is 23.0 Å². The molecule has 11 nitrogen and oxygen atoms in total. The lowest BCUT2D eigenvalue weighted by Gasteiger charge is -2.54. The average molecular weight is 577 g/mol. The number of ether oxygens (including phenoxy) is 1. The molecule has 4 atom stereocenters. The van der Waals surface area contributed by atoms with Crippen molar-refractivity contribution in [2.45, 2.75) is 122 Å². The van der Waals surface area contributed by atoms with Gasteiger partial charge in [-0.15, -0.1) is 0 Å². The zero-order valence-corrected chi connectivity index (χ0v) is 27.4. The van der Waals surface area contributed by atoms with Crippen LogP contribution in [0.15, 0.2) is 11.1 Å². The second-order valence-corrected chi connectivity index (χ2v) is 24.1. The summed E-state index contributed by atoms with van der Waals surface area (Å²) in [5.74, 6) is 0.882. The molecule has 1 N–H and O–H groups in total. The van der Waals surface area contributed by atoms with Crippen LogP contribution in [-0.4, -0.2) is 70.9 Å². The van der Waals surface area contributed by atoms with Crippen LogP contribution in [0.5, 0.6) is 0 Å². The summed E-state index contributed by atoms with van der Waals surface area (Å²) < 4.78 is 31.0. The third-order valence-electron chi connectivity index (χ3n) is 8.76. The van der Waals surface area contributed by atoms with Gasteiger partial charge in [-0.1, -0.05) is 62.3 Å². The van der Waals surface area contributed by atoms with Crippen LogP contribution in [0.4, 0.5) is 0 Å². The summed E-state index contributed by atoms with van der Waals surface area (Å²) in [6, 6.07) is 0. The summed E-state index contributed by atoms with van der Waals surface area (Å²) >= 11 is 0. The van der Waals surface area contributed by atoms with E-state index in [1.807, 2.05) is 4.57 Å². The van der Waals surface area contributed by atoms with Gasteiger partial charge in [0.15, 0.2) is 25.7 Å². The fraction of sp³-hybridized carbons (Fsp3) is 0.769. The van der Waals surface area contributed by atoms with Crippen molar-refractivity contribution in [2.75, 3.05) is 6.61 Å². The van der Waals surface area contributed by atoms with Crippen LogP contribution in [0.1, 0.15) is 74.4 Å². The van der Waals surface area contributed by atoms with Gasteiger partial charge < -0.3 is 18.0 Å². The van der Waals surface area contributed by atoms with Crippen LogP contribution in [0.3, 0.4) is 0 Å². The summed E-state index contributed by atoms with van der Waals surface area (Å²) in [7, 11) is -5.08. The number of rotatable bonds is 3. The van der Waals surface area contributed by atoms with Crippen LogP contribution < -0.4 is 5.56 Å². The molecular formula is C26H44N6O5Si2. The van der Waals surface area contributed by atoms with Gasteiger partial charge in [0.2, 0.25) is 5.78 Å². The Balaban J connectivity index is 1.65. The molecule has 2 aliphatic heterocycles. The Labute approximate surface area is 232 Å². The summed E-state index contributed by atoms with van der Waals surface area (Å²) in [6.07, 6.45) is -0.0561. The van der Waals surface area contributed by atoms with Crippen LogP contribution in [0.2, 0.25) is 28.2 Å². The molecule has 13 heteroatoms. The fourth-order valence-electron chi connectivity index (χ4n) is 5.90. The highest BCUT2D eigenvalue weighted by Gasteiger charge is 2.66. The van der Waals surface area contributed by atoms with Crippen molar-refractivity contribution in [3.8, 4) is 0 Å². The van der Waals surface area contributed by atoms with Crippen molar-refractivity contribution in [1.29, 1.82) is 0 Å². The lowest BCUT2D eigenvalue weighted by molar-refractivity contribution is -0.0795. The molecule has 0 unspecified atom stereocenters. The highest BCUT2D eigenvalue weighted by atomic mass is 28.4. The number of aryl methyl sites for hydroxylation is 1. The number of nitrogens with zero attached hydrogens (tertiary/aromatic N) is 5. The first kappa shape index (κ1) is 28.6. The van der Waals surface area contributed by atoms with Crippen LogP contribution >= 0.6 is 0 Å². The average Bonchev–Trinajstić information content (AvgIpc) is 3.47. The molecule has 3 aromatic heterocycles. The summed E-state index contributed by atoms with van der Waals surface area (Å²) in [4.78, 5) is 22.5. The Hall–Kier alpha value is -1.91. The molecule has 0 spiro atoms. The lowest BCUT2D eigenvalue weighted by atomic mass is 10.1. The minimum atomic E-state index is -2.80. The van der Waals surface area contributed by atoms with Gasteiger partial charge >= 0.3 is 8.56 Å². The Morgan fingerprint density at radius 2 is 1.74 bits per heavy atom. The summed E-state index contributed by atoms with van der Waals surface area (Å²) in [5.41, 5.74) is 0.405. The molecule has 2 aliphatic rings. The van der Waals surface area contributed by atoms with E-state index in [1.54, 1.807) is 13.3 Å². The summed E-state index contributed by atoms with van der Waals surface area (Å²) in [6.45, 7) is 26.6. The zero-order chi connectivity index (χ0) is 28.9. The zero-order valence-electron chi connectivity index (χ0n) is 25.4. The number of fused-ring (bicyclic) bond motifs is 3. The number of H-pyrrole nitrogens is 1. The molecule has 5 heterocycles. The van der Waals surface area contributed by atoms with Gasteiger partial charge in [0.25, 0.3) is 5.56 Å². The van der Waals surface area contributed by atoms with Gasteiger partial charge in [0.1, 0.15) is 24.1 Å². The van der Waals surface area contributed by atoms with Crippen molar-refractivity contribution < 1.29 is 18.0 Å². The fourth-order valence-corrected chi connectivity index (χ4v) is 12.1. The second kappa shape index (κ2) is 8.79. The Morgan fingerprint density at radius 1 is 1.10 bits per heavy atom. The largest absolute Gasteiger partial charge is 0.407 e. The topological polar surface area (TPSA) is 118 Å². The molecule has 2 saturated heterocycles. The first-order valence-electron chi connectivity index (χ1n) is 13.7. The first-order chi connectivity index (χ1) is 17.8. The smallest absolute Gasteiger partial charge is 0.349 e. The Morgan fingerprint density at radius 3 is 2.33 bits per heavy atom. The maximum Gasteiger partial charge on any atom is 0.349 e. The van der Waals surface area contributed by atoms with E-state index in [1.165, 1.54) is 4.40 Å². The molecule has 0 radical (unpaired) electrons. The molecule has 5 rings (SSSR count). The molecule has 0 aliphatic carbocycles. The number of imidazole rings is 1. The van der Waals surface area contributed by atoms with E-state index in [0.717, 1.165) is 0 Å². The van der Waals surface area contributed by atoms with Gasteiger partial charge in [-0.05, 0) is 25.1 Å². The molecule has 0 aromatic carbocycles. The van der Waals surface area contributed by atoms with E-state index in [-0.39, 0.29) is 38.4 Å². The highest BCUT2D eigenvalue weighted by Crippen LogP contribution is 2.56. The molecule has 3 aromatic rings. The van der Waals surface area contributed by atoms with Crippen molar-refractivity contribution in [2.24, 2.45) is 0 Å². The number of hydrogen-bond donors (Lipinski definition) is 1. The second-order valence-electron chi connectivity index (χ2n) is 14.6. The lowest BCUT2D eigenvalue weighted by Crippen LogP contribution is -2.66. The SMILES string of the molecule is Cc1n[nH]c2nc3c(ncn3[C@@H]3O[C@@H]4CO[Si](C(C)(C)C)(C(C)(C)C)O[C@H]4[C@H]3O[Si](C)(C)C(C)(C)C)c(=O)n12. The van der Waals surface area contributed by atoms with E-state index in [0.29, 0.717) is 23.9 Å². The monoisotopic (exact) mass is 576 g/mol. The van der Waals surface area contributed by atoms with Crippen molar-refractivity contribution >= 4 is 33.8 Å². The Bertz CT molecular complexity index is 1440. The van der Waals surface area contributed by atoms with E-state index in [9.17, 15) is 4.79 Å². The molecule has 0 amide bonds. The number of aromatic nitrogens is 6. The minimum absolute atomic E-state index is 0.0307. The predicted octanol–water partition coefficient (Wildman–Crippen LogP) is 4.82. The number of hydrogen-bond acceptors (Lipinski definition) is 8. The Kier molecular flexibility index (Phi) is 6.45. The van der Waals surface area contributed by atoms with Gasteiger partial charge in [-0.3, -0.25) is 9.36 Å². The van der Waals surface area contributed by atoms with Gasteiger partial charge in [0.05, 0.1) is 12.9 Å². The van der Waals surface area contributed by atoms with Gasteiger partial charge in [-0.25, -0.2) is 14.5 Å². The standard InChI is InChI=1S/C26H44N6O5Si2/c1-15-29-30-23-28-20-17(21(33)32(15)23)27-14-31(20)22-19(36-38(11,12)24(2,3)4)18-16(35-22)13-34-39(37-18,25(5,6)7)26(8,9)10/h14,16,18-19,22H,13H2,1-12H3,(H,28,30)/t16-,18-,19-,22-/m1/s1. The van der Waals surface area contributed by atoms with Crippen LogP contribution in [0.25, 0.3) is 16.9 Å². The molecule has 0 saturated carbocycles. The highest BCUT2D eigenvalue weighted by molar-refractivity contribution is 6.74. The van der Waals surface area contributed by atoms with Crippen molar-refractivity contribution in [3.05, 3.63) is 22.5 Å². The van der Waals surface area contributed by atoms with Crippen LogP contribution in [-0.2, 0) is 18.0 Å². The van der Waals surface area contributed by atoms with Gasteiger partial charge in [0, 0.05) is 10.1 Å². The molecule has 2 fully saturated rings. The van der Waals surface area contributed by atoms with Crippen LogP contribution in [0, 0.1) is 6.92 Å². The third-order valence-corrected chi connectivity index (χ3v) is 18.4. The van der Waals surface area contributed by atoms with Crippen molar-refractivity contribution in [3.63, 3.8) is 0 Å². The van der Waals surface area contributed by atoms with Gasteiger partial charge in [-0.2, -0.15) is 10.1 Å². The van der Waals surface area contributed by atoms with E-state index in [2.05, 4.69) is 90.6 Å². The third kappa shape index (κ3) is 4.27. The first-order valence-corrected chi connectivity index (χ1v) is 18.5. The normalized spacial score (nSPS) is 26.5. The number of nitrogens with one attached hydrogen (secondary N) is 1. The van der Waals surface area contributed by atoms with E-state index >= 15 is 0 Å². The quantitative estimate of drug-likeness (QED) is 0.441. The minimum Gasteiger partial charge on any atom is -0.407 e. The molecule has 216 valence electrons. The van der Waals surface area contributed by atoms with E-state index < -0.39 is 29.2 Å². The number of aromatic amines is 1. The maximum absolute atomic E-state index is 13.3. The molecular weight excluding hydrogens is 532 g/mol. The summed E-state index contributed by atoms with van der Waals surface area (Å²) in [5, 5.41) is 6.61. The predicted molar refractivity (Wildman–Crippen MR) is 154 cm³/mol. The maximum atomic E-state index is 13.3. The molecule has 39 heavy (non-hydrogen) atoms. The molecule has 0 bridgehead atoms. The van der Waals surface area contributed by atoms with Crippen molar-refractivity contribution in [1.82, 2.24) is 29.1 Å².